The Morgan fingerprint density at radius 2 is 1.21 bits per heavy atom. The summed E-state index contributed by atoms with van der Waals surface area (Å²) in [5.41, 5.74) is 10.3. The average molecular weight is 320 g/mol. The van der Waals surface area contributed by atoms with Crippen LogP contribution in [0.3, 0.4) is 0 Å². The molecule has 0 N–H and O–H groups in total. The summed E-state index contributed by atoms with van der Waals surface area (Å²) in [5.74, 6) is 0. The van der Waals surface area contributed by atoms with Gasteiger partial charge >= 0.3 is 0 Å². The van der Waals surface area contributed by atoms with E-state index in [0.717, 1.165) is 0 Å². The van der Waals surface area contributed by atoms with E-state index in [1.165, 1.54) is 59.1 Å². The van der Waals surface area contributed by atoms with Gasteiger partial charge in [-0.15, -0.1) is 0 Å². The topological polar surface area (TPSA) is 0 Å². The maximum atomic E-state index is 2.48. The Labute approximate surface area is 150 Å². The van der Waals surface area contributed by atoms with Crippen LogP contribution in [0, 0.1) is 27.7 Å². The van der Waals surface area contributed by atoms with Crippen LogP contribution in [0.2, 0.25) is 0 Å². The SMILES string of the molecule is BC(CCC)(CCC)c1c(C)c(C)c(-c2ccccc2)c(C)c1C. The molecule has 2 rings (SSSR count). The Morgan fingerprint density at radius 3 is 1.62 bits per heavy atom. The second-order valence-electron chi connectivity index (χ2n) is 7.68. The van der Waals surface area contributed by atoms with E-state index in [1.54, 1.807) is 5.56 Å². The van der Waals surface area contributed by atoms with Crippen molar-refractivity contribution >= 4 is 7.85 Å². The number of rotatable bonds is 6. The Kier molecular flexibility index (Phi) is 5.96. The molecule has 0 radical (unpaired) electrons. The zero-order chi connectivity index (χ0) is 17.9. The summed E-state index contributed by atoms with van der Waals surface area (Å²) >= 11 is 0. The summed E-state index contributed by atoms with van der Waals surface area (Å²) in [6.07, 6.45) is 5.03. The molecule has 0 saturated carbocycles. The predicted octanol–water partition coefficient (Wildman–Crippen LogP) is 6.02. The molecular weight excluding hydrogens is 287 g/mol. The van der Waals surface area contributed by atoms with E-state index in [0.29, 0.717) is 5.31 Å². The molecule has 0 aromatic heterocycles. The minimum Gasteiger partial charge on any atom is -0.0654 e. The Balaban J connectivity index is 2.74. The van der Waals surface area contributed by atoms with Gasteiger partial charge in [-0.2, -0.15) is 0 Å². The summed E-state index contributed by atoms with van der Waals surface area (Å²) in [7, 11) is 2.48. The fourth-order valence-electron chi connectivity index (χ4n) is 4.73. The van der Waals surface area contributed by atoms with Crippen LogP contribution >= 0.6 is 0 Å². The fourth-order valence-corrected chi connectivity index (χ4v) is 4.73. The van der Waals surface area contributed by atoms with Gasteiger partial charge in [-0.25, -0.2) is 0 Å². The lowest BCUT2D eigenvalue weighted by atomic mass is 9.56. The Morgan fingerprint density at radius 1 is 0.750 bits per heavy atom. The average Bonchev–Trinajstić information content (AvgIpc) is 2.55. The molecule has 0 unspecified atom stereocenters. The molecule has 2 aromatic rings. The first-order chi connectivity index (χ1) is 11.4. The molecule has 0 saturated heterocycles. The highest BCUT2D eigenvalue weighted by atomic mass is 14.3. The van der Waals surface area contributed by atoms with Crippen LogP contribution in [0.4, 0.5) is 0 Å². The summed E-state index contributed by atoms with van der Waals surface area (Å²) in [5, 5.41) is 0.294. The van der Waals surface area contributed by atoms with Gasteiger partial charge in [0.1, 0.15) is 7.85 Å². The van der Waals surface area contributed by atoms with Crippen molar-refractivity contribution in [3.05, 3.63) is 58.1 Å². The molecule has 2 aromatic carbocycles. The van der Waals surface area contributed by atoms with Crippen LogP contribution in [-0.4, -0.2) is 7.85 Å². The molecule has 1 heteroatoms. The summed E-state index contributed by atoms with van der Waals surface area (Å²) in [6.45, 7) is 13.9. The van der Waals surface area contributed by atoms with Crippen LogP contribution in [0.15, 0.2) is 30.3 Å². The van der Waals surface area contributed by atoms with E-state index in [2.05, 4.69) is 79.7 Å². The second-order valence-corrected chi connectivity index (χ2v) is 7.68. The molecule has 0 aliphatic heterocycles. The standard InChI is InChI=1S/C23H33B/c1-7-14-23(24,15-8-2)22-18(5)16(3)21(17(4)19(22)6)20-12-10-9-11-13-20/h9-13H,7-8,14-15,24H2,1-6H3. The van der Waals surface area contributed by atoms with Crippen LogP contribution in [0.25, 0.3) is 11.1 Å². The van der Waals surface area contributed by atoms with Crippen molar-refractivity contribution in [2.24, 2.45) is 0 Å². The van der Waals surface area contributed by atoms with Crippen molar-refractivity contribution in [3.8, 4) is 11.1 Å². The number of hydrogen-bond acceptors (Lipinski definition) is 0. The van der Waals surface area contributed by atoms with Gasteiger partial charge in [0.2, 0.25) is 0 Å². The monoisotopic (exact) mass is 320 g/mol. The molecule has 0 nitrogen and oxygen atoms in total. The largest absolute Gasteiger partial charge is 0.115 e. The van der Waals surface area contributed by atoms with Gasteiger partial charge in [0.15, 0.2) is 0 Å². The van der Waals surface area contributed by atoms with E-state index in [-0.39, 0.29) is 0 Å². The van der Waals surface area contributed by atoms with Crippen molar-refractivity contribution in [1.29, 1.82) is 0 Å². The third kappa shape index (κ3) is 3.32. The lowest BCUT2D eigenvalue weighted by Gasteiger charge is -2.35. The summed E-state index contributed by atoms with van der Waals surface area (Å²) in [6, 6.07) is 10.9. The molecular formula is C23H33B. The minimum absolute atomic E-state index is 0.294. The lowest BCUT2D eigenvalue weighted by molar-refractivity contribution is 0.492. The van der Waals surface area contributed by atoms with E-state index in [1.807, 2.05) is 0 Å². The Hall–Kier alpha value is -1.50. The van der Waals surface area contributed by atoms with Crippen molar-refractivity contribution in [2.75, 3.05) is 0 Å². The van der Waals surface area contributed by atoms with Crippen molar-refractivity contribution in [1.82, 2.24) is 0 Å². The maximum Gasteiger partial charge on any atom is 0.115 e. The molecule has 0 heterocycles. The summed E-state index contributed by atoms with van der Waals surface area (Å²) < 4.78 is 0. The predicted molar refractivity (Wildman–Crippen MR) is 111 cm³/mol. The van der Waals surface area contributed by atoms with Crippen molar-refractivity contribution in [2.45, 2.75) is 72.5 Å². The molecule has 0 amide bonds. The molecule has 0 atom stereocenters. The Bertz CT molecular complexity index is 663. The molecule has 0 bridgehead atoms. The quantitative estimate of drug-likeness (QED) is 0.571. The molecule has 0 aliphatic rings. The third-order valence-electron chi connectivity index (χ3n) is 5.89. The van der Waals surface area contributed by atoms with Gasteiger partial charge < -0.3 is 0 Å². The van der Waals surface area contributed by atoms with Crippen molar-refractivity contribution < 1.29 is 0 Å². The zero-order valence-corrected chi connectivity index (χ0v) is 16.7. The van der Waals surface area contributed by atoms with E-state index in [4.69, 9.17) is 0 Å². The number of hydrogen-bond donors (Lipinski definition) is 0. The minimum atomic E-state index is 0.294. The molecule has 0 aliphatic carbocycles. The van der Waals surface area contributed by atoms with Gasteiger partial charge in [0.25, 0.3) is 0 Å². The van der Waals surface area contributed by atoms with E-state index >= 15 is 0 Å². The van der Waals surface area contributed by atoms with E-state index < -0.39 is 0 Å². The van der Waals surface area contributed by atoms with Gasteiger partial charge in [-0.1, -0.05) is 69.9 Å². The molecule has 24 heavy (non-hydrogen) atoms. The first-order valence-corrected chi connectivity index (χ1v) is 9.53. The highest BCUT2D eigenvalue weighted by molar-refractivity contribution is 6.16. The normalized spacial score (nSPS) is 11.8. The van der Waals surface area contributed by atoms with Crippen LogP contribution in [0.5, 0.6) is 0 Å². The van der Waals surface area contributed by atoms with E-state index in [9.17, 15) is 0 Å². The second kappa shape index (κ2) is 7.59. The highest BCUT2D eigenvalue weighted by Crippen LogP contribution is 2.41. The van der Waals surface area contributed by atoms with Crippen LogP contribution < -0.4 is 0 Å². The highest BCUT2D eigenvalue weighted by Gasteiger charge is 2.30. The van der Waals surface area contributed by atoms with Gasteiger partial charge in [0, 0.05) is 0 Å². The van der Waals surface area contributed by atoms with Gasteiger partial charge in [-0.05, 0) is 72.0 Å². The van der Waals surface area contributed by atoms with Crippen molar-refractivity contribution in [3.63, 3.8) is 0 Å². The smallest absolute Gasteiger partial charge is 0.0654 e. The molecule has 0 spiro atoms. The first kappa shape index (κ1) is 18.8. The van der Waals surface area contributed by atoms with Gasteiger partial charge in [-0.3, -0.25) is 0 Å². The maximum absolute atomic E-state index is 2.48. The van der Waals surface area contributed by atoms with Gasteiger partial charge in [0.05, 0.1) is 0 Å². The molecule has 128 valence electrons. The third-order valence-corrected chi connectivity index (χ3v) is 5.89. The lowest BCUT2D eigenvalue weighted by Crippen LogP contribution is -2.29. The number of benzene rings is 2. The fraction of sp³-hybridized carbons (Fsp3) is 0.478. The summed E-state index contributed by atoms with van der Waals surface area (Å²) in [4.78, 5) is 0. The zero-order valence-electron chi connectivity index (χ0n) is 16.7. The van der Waals surface area contributed by atoms with Crippen LogP contribution in [-0.2, 0) is 5.31 Å². The first-order valence-electron chi connectivity index (χ1n) is 9.53. The molecule has 0 fully saturated rings. The van der Waals surface area contributed by atoms with Crippen LogP contribution in [0.1, 0.15) is 67.3 Å².